The zero-order chi connectivity index (χ0) is 22.7. The molecular weight excluding hydrogens is 392 g/mol. The fraction of sp³-hybridized carbons (Fsp3) is 0.360. The van der Waals surface area contributed by atoms with E-state index < -0.39 is 17.7 Å². The van der Waals surface area contributed by atoms with Gasteiger partial charge in [0.05, 0.1) is 24.3 Å². The van der Waals surface area contributed by atoms with Crippen LogP contribution in [0.15, 0.2) is 48.0 Å². The Kier molecular flexibility index (Phi) is 6.81. The molecule has 0 saturated carbocycles. The van der Waals surface area contributed by atoms with Crippen molar-refractivity contribution in [2.75, 3.05) is 34.3 Å². The van der Waals surface area contributed by atoms with Gasteiger partial charge in [-0.15, -0.1) is 0 Å². The van der Waals surface area contributed by atoms with Crippen molar-refractivity contribution < 1.29 is 19.4 Å². The van der Waals surface area contributed by atoms with Crippen LogP contribution in [0.4, 0.5) is 0 Å². The lowest BCUT2D eigenvalue weighted by Gasteiger charge is -2.26. The predicted octanol–water partition coefficient (Wildman–Crippen LogP) is 3.69. The average Bonchev–Trinajstić information content (AvgIpc) is 2.98. The normalized spacial score (nSPS) is 18.1. The summed E-state index contributed by atoms with van der Waals surface area (Å²) >= 11 is 0. The van der Waals surface area contributed by atoms with Crippen molar-refractivity contribution >= 4 is 17.4 Å². The highest BCUT2D eigenvalue weighted by atomic mass is 16.5. The van der Waals surface area contributed by atoms with E-state index in [-0.39, 0.29) is 11.3 Å². The number of carbonyl (C=O) groups is 2. The number of aliphatic hydroxyl groups is 1. The molecule has 31 heavy (non-hydrogen) atoms. The largest absolute Gasteiger partial charge is 0.507 e. The maximum absolute atomic E-state index is 13.1. The lowest BCUT2D eigenvalue weighted by molar-refractivity contribution is -0.139. The third-order valence-electron chi connectivity index (χ3n) is 5.54. The number of likely N-dealkylation sites (tertiary alicyclic amines) is 1. The molecule has 1 aliphatic heterocycles. The molecule has 1 saturated heterocycles. The van der Waals surface area contributed by atoms with Crippen molar-refractivity contribution in [3.63, 3.8) is 0 Å². The second-order valence-corrected chi connectivity index (χ2v) is 8.22. The molecule has 3 rings (SSSR count). The standard InChI is InChI=1S/C25H30N2O4/c1-16-14-17(2)24(31-5)19(15-16)22(28)20-21(18-10-7-6-8-11-18)27(25(30)23(20)29)13-9-12-26(3)4/h6-8,10-11,14-15,21,28H,9,12-13H2,1-5H3/b22-20+. The van der Waals surface area contributed by atoms with E-state index in [0.717, 1.165) is 29.7 Å². The van der Waals surface area contributed by atoms with E-state index >= 15 is 0 Å². The lowest BCUT2D eigenvalue weighted by atomic mass is 9.93. The molecule has 0 spiro atoms. The van der Waals surface area contributed by atoms with Crippen LogP contribution in [0.2, 0.25) is 0 Å². The SMILES string of the molecule is COc1c(C)cc(C)cc1/C(O)=C1\C(=O)C(=O)N(CCCN(C)C)C1c1ccccc1. The van der Waals surface area contributed by atoms with Gasteiger partial charge in [-0.2, -0.15) is 0 Å². The number of hydrogen-bond acceptors (Lipinski definition) is 5. The van der Waals surface area contributed by atoms with E-state index in [4.69, 9.17) is 4.74 Å². The molecule has 1 heterocycles. The molecule has 2 aromatic rings. The van der Waals surface area contributed by atoms with Crippen LogP contribution >= 0.6 is 0 Å². The van der Waals surface area contributed by atoms with Crippen molar-refractivity contribution in [2.24, 2.45) is 0 Å². The van der Waals surface area contributed by atoms with Gasteiger partial charge in [0.1, 0.15) is 11.5 Å². The van der Waals surface area contributed by atoms with Gasteiger partial charge in [-0.25, -0.2) is 0 Å². The number of Topliss-reactive ketones (excluding diaryl/α,β-unsaturated/α-hetero) is 1. The number of hydrogen-bond donors (Lipinski definition) is 1. The summed E-state index contributed by atoms with van der Waals surface area (Å²) in [5.74, 6) is -0.963. The minimum absolute atomic E-state index is 0.101. The van der Waals surface area contributed by atoms with E-state index in [2.05, 4.69) is 0 Å². The van der Waals surface area contributed by atoms with Crippen LogP contribution in [-0.2, 0) is 9.59 Å². The van der Waals surface area contributed by atoms with E-state index in [1.807, 2.05) is 69.2 Å². The molecule has 1 N–H and O–H groups in total. The minimum Gasteiger partial charge on any atom is -0.507 e. The summed E-state index contributed by atoms with van der Waals surface area (Å²) in [6.07, 6.45) is 0.719. The molecule has 0 radical (unpaired) electrons. The Balaban J connectivity index is 2.17. The number of ether oxygens (including phenoxy) is 1. The van der Waals surface area contributed by atoms with Crippen molar-refractivity contribution in [3.05, 3.63) is 70.3 Å². The Labute approximate surface area is 183 Å². The van der Waals surface area contributed by atoms with E-state index in [1.54, 1.807) is 11.0 Å². The van der Waals surface area contributed by atoms with Crippen LogP contribution in [-0.4, -0.2) is 60.9 Å². The number of rotatable bonds is 7. The summed E-state index contributed by atoms with van der Waals surface area (Å²) < 4.78 is 5.52. The molecule has 1 aliphatic rings. The van der Waals surface area contributed by atoms with Crippen LogP contribution < -0.4 is 4.74 Å². The van der Waals surface area contributed by atoms with Gasteiger partial charge in [0, 0.05) is 6.54 Å². The second-order valence-electron chi connectivity index (χ2n) is 8.22. The van der Waals surface area contributed by atoms with Gasteiger partial charge >= 0.3 is 0 Å². The first-order valence-corrected chi connectivity index (χ1v) is 10.4. The zero-order valence-corrected chi connectivity index (χ0v) is 18.8. The van der Waals surface area contributed by atoms with E-state index in [0.29, 0.717) is 17.9 Å². The highest BCUT2D eigenvalue weighted by molar-refractivity contribution is 6.46. The van der Waals surface area contributed by atoms with Crippen LogP contribution in [0, 0.1) is 13.8 Å². The van der Waals surface area contributed by atoms with E-state index in [1.165, 1.54) is 7.11 Å². The highest BCUT2D eigenvalue weighted by Crippen LogP contribution is 2.41. The number of aryl methyl sites for hydroxylation is 2. The fourth-order valence-electron chi connectivity index (χ4n) is 4.20. The third kappa shape index (κ3) is 4.49. The second kappa shape index (κ2) is 9.35. The average molecular weight is 423 g/mol. The molecule has 2 aromatic carbocycles. The highest BCUT2D eigenvalue weighted by Gasteiger charge is 2.46. The Bertz CT molecular complexity index is 1010. The van der Waals surface area contributed by atoms with Gasteiger partial charge in [0.25, 0.3) is 11.7 Å². The number of nitrogens with zero attached hydrogens (tertiary/aromatic N) is 2. The summed E-state index contributed by atoms with van der Waals surface area (Å²) in [5.41, 5.74) is 3.09. The number of aliphatic hydroxyl groups excluding tert-OH is 1. The Morgan fingerprint density at radius 3 is 2.42 bits per heavy atom. The van der Waals surface area contributed by atoms with Gasteiger partial charge in [0.15, 0.2) is 0 Å². The van der Waals surface area contributed by atoms with Crippen molar-refractivity contribution in [3.8, 4) is 5.75 Å². The number of ketones is 1. The van der Waals surface area contributed by atoms with Crippen LogP contribution in [0.5, 0.6) is 5.75 Å². The molecule has 1 amide bonds. The quantitative estimate of drug-likeness (QED) is 0.419. The third-order valence-corrected chi connectivity index (χ3v) is 5.54. The predicted molar refractivity (Wildman–Crippen MR) is 121 cm³/mol. The van der Waals surface area contributed by atoms with Crippen molar-refractivity contribution in [2.45, 2.75) is 26.3 Å². The monoisotopic (exact) mass is 422 g/mol. The summed E-state index contributed by atoms with van der Waals surface area (Å²) in [4.78, 5) is 29.7. The lowest BCUT2D eigenvalue weighted by Crippen LogP contribution is -2.32. The molecule has 164 valence electrons. The van der Waals surface area contributed by atoms with Crippen LogP contribution in [0.3, 0.4) is 0 Å². The molecule has 0 aromatic heterocycles. The van der Waals surface area contributed by atoms with E-state index in [9.17, 15) is 14.7 Å². The summed E-state index contributed by atoms with van der Waals surface area (Å²) in [6, 6.07) is 12.5. The van der Waals surface area contributed by atoms with Gasteiger partial charge in [0.2, 0.25) is 0 Å². The smallest absolute Gasteiger partial charge is 0.295 e. The van der Waals surface area contributed by atoms with Crippen LogP contribution in [0.1, 0.15) is 34.7 Å². The minimum atomic E-state index is -0.669. The first-order chi connectivity index (χ1) is 14.8. The molecule has 1 unspecified atom stereocenters. The van der Waals surface area contributed by atoms with Crippen molar-refractivity contribution in [1.29, 1.82) is 0 Å². The maximum atomic E-state index is 13.1. The molecule has 0 bridgehead atoms. The van der Waals surface area contributed by atoms with Gasteiger partial charge in [-0.05, 0) is 63.7 Å². The molecule has 6 nitrogen and oxygen atoms in total. The topological polar surface area (TPSA) is 70.1 Å². The van der Waals surface area contributed by atoms with Gasteiger partial charge in [-0.3, -0.25) is 9.59 Å². The summed E-state index contributed by atoms with van der Waals surface area (Å²) in [6.45, 7) is 5.01. The Morgan fingerprint density at radius 1 is 1.13 bits per heavy atom. The van der Waals surface area contributed by atoms with Crippen LogP contribution in [0.25, 0.3) is 5.76 Å². The molecular formula is C25H30N2O4. The zero-order valence-electron chi connectivity index (χ0n) is 18.8. The number of carbonyl (C=O) groups excluding carboxylic acids is 2. The van der Waals surface area contributed by atoms with Gasteiger partial charge < -0.3 is 19.6 Å². The summed E-state index contributed by atoms with van der Waals surface area (Å²) in [5, 5.41) is 11.3. The molecule has 1 fully saturated rings. The first-order valence-electron chi connectivity index (χ1n) is 10.4. The fourth-order valence-corrected chi connectivity index (χ4v) is 4.20. The summed E-state index contributed by atoms with van der Waals surface area (Å²) in [7, 11) is 5.47. The Hall–Kier alpha value is -3.12. The molecule has 6 heteroatoms. The Morgan fingerprint density at radius 2 is 1.81 bits per heavy atom. The first kappa shape index (κ1) is 22.6. The van der Waals surface area contributed by atoms with Crippen molar-refractivity contribution in [1.82, 2.24) is 9.80 Å². The molecule has 0 aliphatic carbocycles. The molecule has 1 atom stereocenters. The van der Waals surface area contributed by atoms with Gasteiger partial charge in [-0.1, -0.05) is 36.4 Å². The number of methoxy groups -OCH3 is 1. The number of amides is 1. The number of benzene rings is 2. The maximum Gasteiger partial charge on any atom is 0.295 e.